The number of nitrogens with zero attached hydrogens (tertiary/aromatic N) is 5. The van der Waals surface area contributed by atoms with Gasteiger partial charge in [0.2, 0.25) is 5.95 Å². The third-order valence-corrected chi connectivity index (χ3v) is 4.72. The van der Waals surface area contributed by atoms with Crippen LogP contribution in [0.5, 0.6) is 0 Å². The number of benzene rings is 1. The Balaban J connectivity index is 1.48. The lowest BCUT2D eigenvalue weighted by atomic mass is 10.1. The molecule has 0 aliphatic carbocycles. The Hall–Kier alpha value is -3.55. The van der Waals surface area contributed by atoms with Crippen molar-refractivity contribution in [3.8, 4) is 11.4 Å². The predicted molar refractivity (Wildman–Crippen MR) is 105 cm³/mol. The first kappa shape index (κ1) is 17.8. The number of rotatable bonds is 3. The highest BCUT2D eigenvalue weighted by atomic mass is 16.2. The summed E-state index contributed by atoms with van der Waals surface area (Å²) in [6, 6.07) is 9.45. The van der Waals surface area contributed by atoms with E-state index >= 15 is 0 Å². The van der Waals surface area contributed by atoms with E-state index in [1.807, 2.05) is 36.1 Å². The van der Waals surface area contributed by atoms with Crippen LogP contribution < -0.4 is 10.5 Å². The minimum absolute atomic E-state index is 0.0563. The van der Waals surface area contributed by atoms with Crippen molar-refractivity contribution < 1.29 is 4.79 Å². The number of carbonyl (C=O) groups excluding carboxylic acids is 1. The molecular weight excluding hydrogens is 356 g/mol. The van der Waals surface area contributed by atoms with Gasteiger partial charge >= 0.3 is 0 Å². The lowest BCUT2D eigenvalue weighted by molar-refractivity contribution is 0.0744. The third-order valence-electron chi connectivity index (χ3n) is 4.72. The topological polar surface area (TPSA) is 95.1 Å². The summed E-state index contributed by atoms with van der Waals surface area (Å²) in [6.07, 6.45) is 4.76. The highest BCUT2D eigenvalue weighted by Gasteiger charge is 2.25. The molecule has 1 amide bonds. The molecule has 4 rings (SSSR count). The molecule has 0 saturated carbocycles. The van der Waals surface area contributed by atoms with Crippen LogP contribution in [-0.4, -0.2) is 56.9 Å². The molecule has 2 aromatic heterocycles. The van der Waals surface area contributed by atoms with E-state index in [0.29, 0.717) is 38.0 Å². The number of carbonyl (C=O) groups is 1. The van der Waals surface area contributed by atoms with Crippen LogP contribution >= 0.6 is 0 Å². The fourth-order valence-corrected chi connectivity index (χ4v) is 3.22. The maximum absolute atomic E-state index is 12.8. The quantitative estimate of drug-likeness (QED) is 0.744. The standard InChI is InChI=1S/C20H20N6O2/c1-14-4-2-5-15(12-14)17-23-13-16(18(27)24-17)19(28)25-8-10-26(11-9-25)20-21-6-3-7-22-20/h2-7,12-13H,8-11H2,1H3,(H,23,24,27). The van der Waals surface area contributed by atoms with Gasteiger partial charge < -0.3 is 14.8 Å². The molecule has 0 atom stereocenters. The Morgan fingerprint density at radius 2 is 1.79 bits per heavy atom. The predicted octanol–water partition coefficient (Wildman–Crippen LogP) is 1.50. The molecule has 3 heterocycles. The largest absolute Gasteiger partial charge is 0.337 e. The van der Waals surface area contributed by atoms with Gasteiger partial charge in [0.1, 0.15) is 11.4 Å². The summed E-state index contributed by atoms with van der Waals surface area (Å²) >= 11 is 0. The van der Waals surface area contributed by atoms with Crippen molar-refractivity contribution in [2.24, 2.45) is 0 Å². The maximum Gasteiger partial charge on any atom is 0.264 e. The number of aromatic nitrogens is 4. The van der Waals surface area contributed by atoms with Crippen LogP contribution in [0.2, 0.25) is 0 Å². The number of aromatic amines is 1. The molecule has 1 N–H and O–H groups in total. The van der Waals surface area contributed by atoms with E-state index in [1.165, 1.54) is 6.20 Å². The van der Waals surface area contributed by atoms with Gasteiger partial charge in [0.05, 0.1) is 0 Å². The number of amides is 1. The second kappa shape index (κ2) is 7.59. The van der Waals surface area contributed by atoms with Gasteiger partial charge in [0.15, 0.2) is 0 Å². The zero-order valence-electron chi connectivity index (χ0n) is 15.5. The summed E-state index contributed by atoms with van der Waals surface area (Å²) < 4.78 is 0. The van der Waals surface area contributed by atoms with E-state index in [2.05, 4.69) is 19.9 Å². The van der Waals surface area contributed by atoms with Crippen molar-refractivity contribution in [2.45, 2.75) is 6.92 Å². The summed E-state index contributed by atoms with van der Waals surface area (Å²) in [7, 11) is 0. The molecule has 0 unspecified atom stereocenters. The SMILES string of the molecule is Cc1cccc(-c2ncc(C(=O)N3CCN(c4ncccn4)CC3)c(=O)[nH]2)c1. The monoisotopic (exact) mass is 376 g/mol. The van der Waals surface area contributed by atoms with E-state index in [1.54, 1.807) is 23.4 Å². The van der Waals surface area contributed by atoms with Crippen molar-refractivity contribution in [3.05, 3.63) is 70.4 Å². The van der Waals surface area contributed by atoms with E-state index in [4.69, 9.17) is 0 Å². The van der Waals surface area contributed by atoms with Crippen LogP contribution in [0.3, 0.4) is 0 Å². The van der Waals surface area contributed by atoms with Crippen molar-refractivity contribution in [1.82, 2.24) is 24.8 Å². The molecule has 0 spiro atoms. The van der Waals surface area contributed by atoms with Crippen LogP contribution in [0, 0.1) is 6.92 Å². The number of aryl methyl sites for hydroxylation is 1. The highest BCUT2D eigenvalue weighted by molar-refractivity contribution is 5.93. The number of nitrogens with one attached hydrogen (secondary N) is 1. The van der Waals surface area contributed by atoms with Crippen LogP contribution in [0.1, 0.15) is 15.9 Å². The van der Waals surface area contributed by atoms with Gasteiger partial charge in [-0.25, -0.2) is 15.0 Å². The average Bonchev–Trinajstić information content (AvgIpc) is 2.74. The molecule has 1 aliphatic heterocycles. The summed E-state index contributed by atoms with van der Waals surface area (Å²) in [5, 5.41) is 0. The first-order chi connectivity index (χ1) is 13.6. The van der Waals surface area contributed by atoms with Crippen molar-refractivity contribution in [2.75, 3.05) is 31.1 Å². The number of hydrogen-bond acceptors (Lipinski definition) is 6. The first-order valence-corrected chi connectivity index (χ1v) is 9.09. The second-order valence-electron chi connectivity index (χ2n) is 6.67. The number of H-pyrrole nitrogens is 1. The van der Waals surface area contributed by atoms with Crippen molar-refractivity contribution in [3.63, 3.8) is 0 Å². The summed E-state index contributed by atoms with van der Waals surface area (Å²) in [4.78, 5) is 44.5. The molecular formula is C20H20N6O2. The van der Waals surface area contributed by atoms with Crippen LogP contribution in [0.15, 0.2) is 53.7 Å². The lowest BCUT2D eigenvalue weighted by Gasteiger charge is -2.34. The molecule has 1 aliphatic rings. The van der Waals surface area contributed by atoms with E-state index in [-0.39, 0.29) is 11.5 Å². The van der Waals surface area contributed by atoms with Gasteiger partial charge in [-0.2, -0.15) is 0 Å². The minimum atomic E-state index is -0.426. The van der Waals surface area contributed by atoms with Gasteiger partial charge in [0.25, 0.3) is 11.5 Å². The molecule has 1 saturated heterocycles. The Morgan fingerprint density at radius 1 is 1.04 bits per heavy atom. The van der Waals surface area contributed by atoms with Gasteiger partial charge in [-0.1, -0.05) is 23.8 Å². The van der Waals surface area contributed by atoms with Gasteiger partial charge in [-0.3, -0.25) is 9.59 Å². The van der Waals surface area contributed by atoms with Gasteiger partial charge in [0, 0.05) is 50.3 Å². The number of anilines is 1. The average molecular weight is 376 g/mol. The fraction of sp³-hybridized carbons (Fsp3) is 0.250. The molecule has 8 heteroatoms. The van der Waals surface area contributed by atoms with Gasteiger partial charge in [-0.15, -0.1) is 0 Å². The number of hydrogen-bond donors (Lipinski definition) is 1. The van der Waals surface area contributed by atoms with E-state index < -0.39 is 5.56 Å². The van der Waals surface area contributed by atoms with Crippen LogP contribution in [0.4, 0.5) is 5.95 Å². The van der Waals surface area contributed by atoms with Crippen molar-refractivity contribution in [1.29, 1.82) is 0 Å². The zero-order valence-corrected chi connectivity index (χ0v) is 15.5. The van der Waals surface area contributed by atoms with Crippen LogP contribution in [-0.2, 0) is 0 Å². The molecule has 142 valence electrons. The Morgan fingerprint density at radius 3 is 2.46 bits per heavy atom. The Kier molecular flexibility index (Phi) is 4.84. The minimum Gasteiger partial charge on any atom is -0.337 e. The molecule has 3 aromatic rings. The molecule has 8 nitrogen and oxygen atoms in total. The highest BCUT2D eigenvalue weighted by Crippen LogP contribution is 2.15. The first-order valence-electron chi connectivity index (χ1n) is 9.09. The third kappa shape index (κ3) is 3.62. The summed E-state index contributed by atoms with van der Waals surface area (Å²) in [6.45, 7) is 4.19. The summed E-state index contributed by atoms with van der Waals surface area (Å²) in [5.41, 5.74) is 1.51. The number of piperazine rings is 1. The molecule has 28 heavy (non-hydrogen) atoms. The molecule has 1 fully saturated rings. The van der Waals surface area contributed by atoms with Crippen molar-refractivity contribution >= 4 is 11.9 Å². The normalized spacial score (nSPS) is 14.2. The molecule has 0 bridgehead atoms. The van der Waals surface area contributed by atoms with E-state index in [0.717, 1.165) is 11.1 Å². The van der Waals surface area contributed by atoms with Crippen LogP contribution in [0.25, 0.3) is 11.4 Å². The summed E-state index contributed by atoms with van der Waals surface area (Å²) in [5.74, 6) is 0.797. The van der Waals surface area contributed by atoms with E-state index in [9.17, 15) is 9.59 Å². The molecule has 0 radical (unpaired) electrons. The maximum atomic E-state index is 12.8. The second-order valence-corrected chi connectivity index (χ2v) is 6.67. The molecule has 1 aromatic carbocycles. The lowest BCUT2D eigenvalue weighted by Crippen LogP contribution is -2.50. The zero-order chi connectivity index (χ0) is 19.5. The van der Waals surface area contributed by atoms with Gasteiger partial charge in [-0.05, 0) is 19.1 Å². The Labute approximate surface area is 161 Å². The smallest absolute Gasteiger partial charge is 0.264 e. The fourth-order valence-electron chi connectivity index (χ4n) is 3.22. The Bertz CT molecular complexity index is 1040.